The van der Waals surface area contributed by atoms with Crippen LogP contribution in [0.5, 0.6) is 5.75 Å². The molecule has 0 saturated heterocycles. The Morgan fingerprint density at radius 1 is 1.25 bits per heavy atom. The average molecular weight is 324 g/mol. The van der Waals surface area contributed by atoms with Crippen molar-refractivity contribution >= 4 is 6.03 Å². The molecule has 4 nitrogen and oxygen atoms in total. The summed E-state index contributed by atoms with van der Waals surface area (Å²) in [6.07, 6.45) is 2.75. The summed E-state index contributed by atoms with van der Waals surface area (Å²) in [5, 5.41) is 12.4. The quantitative estimate of drug-likeness (QED) is 0.902. The van der Waals surface area contributed by atoms with Crippen molar-refractivity contribution in [1.29, 1.82) is 0 Å². The highest BCUT2D eigenvalue weighted by Crippen LogP contribution is 2.34. The number of nitrogens with zero attached hydrogens (tertiary/aromatic N) is 1. The van der Waals surface area contributed by atoms with Crippen molar-refractivity contribution in [3.05, 3.63) is 65.2 Å². The van der Waals surface area contributed by atoms with Crippen LogP contribution in [0.15, 0.2) is 48.5 Å². The number of aryl methyl sites for hydroxylation is 1. The molecular formula is C20H24N2O2. The van der Waals surface area contributed by atoms with Crippen molar-refractivity contribution in [2.45, 2.75) is 38.3 Å². The molecule has 4 heteroatoms. The van der Waals surface area contributed by atoms with Gasteiger partial charge >= 0.3 is 6.03 Å². The minimum absolute atomic E-state index is 0.0288. The second-order valence-corrected chi connectivity index (χ2v) is 6.59. The first-order valence-corrected chi connectivity index (χ1v) is 8.43. The van der Waals surface area contributed by atoms with Gasteiger partial charge in [0.2, 0.25) is 0 Å². The van der Waals surface area contributed by atoms with E-state index >= 15 is 0 Å². The number of urea groups is 1. The lowest BCUT2D eigenvalue weighted by Crippen LogP contribution is -2.43. The van der Waals surface area contributed by atoms with Crippen LogP contribution in [0.1, 0.15) is 36.1 Å². The number of hydrogen-bond donors (Lipinski definition) is 2. The maximum absolute atomic E-state index is 12.6. The normalized spacial score (nSPS) is 17.2. The summed E-state index contributed by atoms with van der Waals surface area (Å²) in [5.74, 6) is 0.259. The van der Waals surface area contributed by atoms with E-state index in [2.05, 4.69) is 23.5 Å². The van der Waals surface area contributed by atoms with Gasteiger partial charge in [-0.25, -0.2) is 4.79 Å². The molecule has 0 unspecified atom stereocenters. The average Bonchev–Trinajstić information content (AvgIpc) is 3.00. The number of phenols is 1. The van der Waals surface area contributed by atoms with E-state index in [0.717, 1.165) is 24.8 Å². The van der Waals surface area contributed by atoms with Crippen molar-refractivity contribution in [3.8, 4) is 5.75 Å². The molecular weight excluding hydrogens is 300 g/mol. The number of carbonyl (C=O) groups is 1. The van der Waals surface area contributed by atoms with Gasteiger partial charge in [0.1, 0.15) is 5.75 Å². The maximum Gasteiger partial charge on any atom is 0.317 e. The van der Waals surface area contributed by atoms with E-state index in [0.29, 0.717) is 0 Å². The molecule has 2 atom stereocenters. The summed E-state index contributed by atoms with van der Waals surface area (Å²) < 4.78 is 0. The Labute approximate surface area is 143 Å². The number of fused-ring (bicyclic) bond motifs is 1. The van der Waals surface area contributed by atoms with Crippen LogP contribution in [0, 0.1) is 0 Å². The lowest BCUT2D eigenvalue weighted by molar-refractivity contribution is 0.187. The zero-order chi connectivity index (χ0) is 17.1. The molecule has 2 amide bonds. The fourth-order valence-corrected chi connectivity index (χ4v) is 3.43. The Balaban J connectivity index is 1.59. The molecule has 126 valence electrons. The molecule has 0 spiro atoms. The third kappa shape index (κ3) is 3.53. The van der Waals surface area contributed by atoms with Gasteiger partial charge in [-0.2, -0.15) is 0 Å². The number of amides is 2. The second kappa shape index (κ2) is 6.95. The third-order valence-electron chi connectivity index (χ3n) is 4.74. The molecule has 2 N–H and O–H groups in total. The molecule has 0 saturated carbocycles. The Kier molecular flexibility index (Phi) is 4.74. The highest BCUT2D eigenvalue weighted by molar-refractivity contribution is 5.75. The van der Waals surface area contributed by atoms with Crippen LogP contribution in [-0.2, 0) is 12.8 Å². The topological polar surface area (TPSA) is 52.6 Å². The Morgan fingerprint density at radius 2 is 1.96 bits per heavy atom. The van der Waals surface area contributed by atoms with Crippen molar-refractivity contribution in [2.75, 3.05) is 7.05 Å². The van der Waals surface area contributed by atoms with Gasteiger partial charge in [-0.15, -0.1) is 0 Å². The standard InChI is InChI=1S/C20H24N2O2/c1-14(13-15-7-10-17(23)11-8-15)21-20(24)22(2)19-12-9-16-5-3-4-6-18(16)19/h3-8,10-11,14,19,23H,9,12-13H2,1-2H3,(H,21,24)/t14-,19+/m1/s1. The fourth-order valence-electron chi connectivity index (χ4n) is 3.43. The van der Waals surface area contributed by atoms with Crippen LogP contribution < -0.4 is 5.32 Å². The summed E-state index contributed by atoms with van der Waals surface area (Å²) in [5.41, 5.74) is 3.70. The number of nitrogens with one attached hydrogen (secondary N) is 1. The minimum Gasteiger partial charge on any atom is -0.508 e. The number of aromatic hydroxyl groups is 1. The molecule has 0 aromatic heterocycles. The predicted octanol–water partition coefficient (Wildman–Crippen LogP) is 3.65. The van der Waals surface area contributed by atoms with Crippen molar-refractivity contribution in [3.63, 3.8) is 0 Å². The molecule has 2 aromatic rings. The summed E-state index contributed by atoms with van der Waals surface area (Å²) in [4.78, 5) is 14.4. The molecule has 3 rings (SSSR count). The van der Waals surface area contributed by atoms with Crippen molar-refractivity contribution < 1.29 is 9.90 Å². The highest BCUT2D eigenvalue weighted by atomic mass is 16.3. The molecule has 0 heterocycles. The van der Waals surface area contributed by atoms with E-state index in [-0.39, 0.29) is 23.9 Å². The zero-order valence-electron chi connectivity index (χ0n) is 14.2. The van der Waals surface area contributed by atoms with Gasteiger partial charge in [0.15, 0.2) is 0 Å². The van der Waals surface area contributed by atoms with Gasteiger partial charge < -0.3 is 15.3 Å². The first-order chi connectivity index (χ1) is 11.5. The largest absolute Gasteiger partial charge is 0.508 e. The summed E-state index contributed by atoms with van der Waals surface area (Å²) in [7, 11) is 1.87. The summed E-state index contributed by atoms with van der Waals surface area (Å²) in [6, 6.07) is 15.6. The van der Waals surface area contributed by atoms with E-state index in [1.54, 1.807) is 12.1 Å². The van der Waals surface area contributed by atoms with Crippen LogP contribution in [0.4, 0.5) is 4.79 Å². The molecule has 1 aliphatic carbocycles. The first kappa shape index (κ1) is 16.4. The Morgan fingerprint density at radius 3 is 2.71 bits per heavy atom. The Bertz CT molecular complexity index is 712. The molecule has 0 fully saturated rings. The smallest absolute Gasteiger partial charge is 0.317 e. The Hall–Kier alpha value is -2.49. The van der Waals surface area contributed by atoms with Gasteiger partial charge in [0, 0.05) is 13.1 Å². The van der Waals surface area contributed by atoms with Crippen molar-refractivity contribution in [1.82, 2.24) is 10.2 Å². The van der Waals surface area contributed by atoms with Gasteiger partial charge in [0.25, 0.3) is 0 Å². The number of benzene rings is 2. The van der Waals surface area contributed by atoms with E-state index in [9.17, 15) is 9.90 Å². The van der Waals surface area contributed by atoms with Crippen LogP contribution in [0.3, 0.4) is 0 Å². The van der Waals surface area contributed by atoms with Crippen LogP contribution in [0.2, 0.25) is 0 Å². The van der Waals surface area contributed by atoms with Crippen LogP contribution >= 0.6 is 0 Å². The fraction of sp³-hybridized carbons (Fsp3) is 0.350. The van der Waals surface area contributed by atoms with Gasteiger partial charge in [-0.1, -0.05) is 36.4 Å². The monoisotopic (exact) mass is 324 g/mol. The van der Waals surface area contributed by atoms with Crippen molar-refractivity contribution in [2.24, 2.45) is 0 Å². The van der Waals surface area contributed by atoms with E-state index in [1.807, 2.05) is 37.1 Å². The minimum atomic E-state index is -0.0389. The third-order valence-corrected chi connectivity index (χ3v) is 4.74. The zero-order valence-corrected chi connectivity index (χ0v) is 14.2. The van der Waals surface area contributed by atoms with E-state index in [4.69, 9.17) is 0 Å². The molecule has 24 heavy (non-hydrogen) atoms. The number of carbonyl (C=O) groups excluding carboxylic acids is 1. The lowest BCUT2D eigenvalue weighted by Gasteiger charge is -2.27. The molecule has 0 bridgehead atoms. The van der Waals surface area contributed by atoms with Gasteiger partial charge in [0.05, 0.1) is 6.04 Å². The predicted molar refractivity (Wildman–Crippen MR) is 95.1 cm³/mol. The molecule has 0 radical (unpaired) electrons. The van der Waals surface area contributed by atoms with Crippen LogP contribution in [-0.4, -0.2) is 29.1 Å². The first-order valence-electron chi connectivity index (χ1n) is 8.43. The highest BCUT2D eigenvalue weighted by Gasteiger charge is 2.28. The van der Waals surface area contributed by atoms with Crippen LogP contribution in [0.25, 0.3) is 0 Å². The SMILES string of the molecule is C[C@H](Cc1ccc(O)cc1)NC(=O)N(C)[C@H]1CCc2ccccc21. The lowest BCUT2D eigenvalue weighted by atomic mass is 10.1. The summed E-state index contributed by atoms with van der Waals surface area (Å²) in [6.45, 7) is 2.00. The van der Waals surface area contributed by atoms with Gasteiger partial charge in [-0.3, -0.25) is 0 Å². The molecule has 2 aromatic carbocycles. The van der Waals surface area contributed by atoms with Gasteiger partial charge in [-0.05, 0) is 55.0 Å². The maximum atomic E-state index is 12.6. The number of rotatable bonds is 4. The van der Waals surface area contributed by atoms with E-state index < -0.39 is 0 Å². The second-order valence-electron chi connectivity index (χ2n) is 6.59. The molecule has 1 aliphatic rings. The number of phenolic OH excluding ortho intramolecular Hbond substituents is 1. The molecule has 0 aliphatic heterocycles. The van der Waals surface area contributed by atoms with E-state index in [1.165, 1.54) is 11.1 Å². The number of hydrogen-bond acceptors (Lipinski definition) is 2. The summed E-state index contributed by atoms with van der Waals surface area (Å²) >= 11 is 0.